The van der Waals surface area contributed by atoms with Crippen molar-refractivity contribution in [3.8, 4) is 11.5 Å². The van der Waals surface area contributed by atoms with Crippen molar-refractivity contribution in [3.63, 3.8) is 0 Å². The molecule has 0 spiro atoms. The van der Waals surface area contributed by atoms with Crippen molar-refractivity contribution in [1.29, 1.82) is 0 Å². The third kappa shape index (κ3) is 3.54. The number of aromatic nitrogens is 5. The normalized spacial score (nSPS) is 23.6. The molecule has 2 N–H and O–H groups in total. The van der Waals surface area contributed by atoms with Crippen molar-refractivity contribution in [2.24, 2.45) is 24.6 Å². The Labute approximate surface area is 210 Å². The number of piperidine rings is 1. The van der Waals surface area contributed by atoms with Gasteiger partial charge in [0.05, 0.1) is 11.3 Å². The van der Waals surface area contributed by atoms with Crippen molar-refractivity contribution < 1.29 is 18.0 Å². The molecule has 5 heterocycles. The summed E-state index contributed by atoms with van der Waals surface area (Å²) < 4.78 is 43.9. The van der Waals surface area contributed by atoms with E-state index >= 15 is 0 Å². The van der Waals surface area contributed by atoms with Gasteiger partial charge >= 0.3 is 6.18 Å². The Balaban J connectivity index is 1.31. The minimum Gasteiger partial charge on any atom is -0.334 e. The summed E-state index contributed by atoms with van der Waals surface area (Å²) in [6.45, 7) is 1.25. The lowest BCUT2D eigenvalue weighted by Crippen LogP contribution is -2.41. The molecule has 0 unspecified atom stereocenters. The average Bonchev–Trinajstić information content (AvgIpc) is 3.28. The van der Waals surface area contributed by atoms with Gasteiger partial charge in [0.1, 0.15) is 16.9 Å². The molecule has 11 heteroatoms. The summed E-state index contributed by atoms with van der Waals surface area (Å²) in [4.78, 5) is 28.5. The highest BCUT2D eigenvalue weighted by atomic mass is 19.4. The highest BCUT2D eigenvalue weighted by Crippen LogP contribution is 2.39. The SMILES string of the molecule is Cn1c(-c2cc3ccc(C(F)(F)F)nc3n2CC2CC2)nc2cc(C(=O)N3C[C@H]4CC[C@@H]3[C@@H]4N)cnc21. The molecule has 37 heavy (non-hydrogen) atoms. The molecule has 2 bridgehead atoms. The zero-order valence-electron chi connectivity index (χ0n) is 20.2. The highest BCUT2D eigenvalue weighted by Gasteiger charge is 2.47. The molecule has 7 rings (SSSR count). The Morgan fingerprint density at radius 2 is 1.92 bits per heavy atom. The molecule has 8 nitrogen and oxygen atoms in total. The maximum absolute atomic E-state index is 13.4. The van der Waals surface area contributed by atoms with E-state index < -0.39 is 11.9 Å². The number of rotatable bonds is 4. The second-order valence-corrected chi connectivity index (χ2v) is 10.7. The monoisotopic (exact) mass is 509 g/mol. The van der Waals surface area contributed by atoms with Crippen molar-refractivity contribution in [3.05, 3.63) is 41.7 Å². The Bertz CT molecular complexity index is 1570. The van der Waals surface area contributed by atoms with Crippen LogP contribution in [0.3, 0.4) is 0 Å². The largest absolute Gasteiger partial charge is 0.433 e. The zero-order valence-corrected chi connectivity index (χ0v) is 20.2. The molecule has 2 saturated carbocycles. The van der Waals surface area contributed by atoms with Crippen LogP contribution < -0.4 is 5.73 Å². The van der Waals surface area contributed by atoms with Crippen LogP contribution in [-0.2, 0) is 19.8 Å². The second kappa shape index (κ2) is 7.77. The van der Waals surface area contributed by atoms with Gasteiger partial charge in [0.15, 0.2) is 11.5 Å². The number of carbonyl (C=O) groups is 1. The van der Waals surface area contributed by atoms with Crippen LogP contribution in [0.4, 0.5) is 13.2 Å². The van der Waals surface area contributed by atoms with E-state index in [0.29, 0.717) is 64.2 Å². The smallest absolute Gasteiger partial charge is 0.334 e. The molecule has 3 fully saturated rings. The fraction of sp³-hybridized carbons (Fsp3) is 0.462. The molecule has 3 aliphatic rings. The van der Waals surface area contributed by atoms with Gasteiger partial charge in [-0.1, -0.05) is 0 Å². The van der Waals surface area contributed by atoms with Crippen LogP contribution in [0.25, 0.3) is 33.7 Å². The fourth-order valence-corrected chi connectivity index (χ4v) is 6.08. The number of hydrogen-bond donors (Lipinski definition) is 1. The molecule has 4 aromatic rings. The van der Waals surface area contributed by atoms with Gasteiger partial charge in [0.2, 0.25) is 0 Å². The number of nitrogens with zero attached hydrogens (tertiary/aromatic N) is 6. The van der Waals surface area contributed by atoms with E-state index in [1.165, 1.54) is 6.07 Å². The summed E-state index contributed by atoms with van der Waals surface area (Å²) in [5.41, 5.74) is 7.99. The number of alkyl halides is 3. The zero-order chi connectivity index (χ0) is 25.6. The van der Waals surface area contributed by atoms with Crippen molar-refractivity contribution in [1.82, 2.24) is 29.0 Å². The first kappa shape index (κ1) is 22.7. The summed E-state index contributed by atoms with van der Waals surface area (Å²) in [6, 6.07) is 6.16. The van der Waals surface area contributed by atoms with Crippen LogP contribution in [-0.4, -0.2) is 53.5 Å². The van der Waals surface area contributed by atoms with E-state index in [1.807, 2.05) is 27.1 Å². The van der Waals surface area contributed by atoms with Gasteiger partial charge in [0.25, 0.3) is 5.91 Å². The van der Waals surface area contributed by atoms with Gasteiger partial charge in [0, 0.05) is 43.8 Å². The molecule has 0 radical (unpaired) electrons. The fourth-order valence-electron chi connectivity index (χ4n) is 6.08. The number of carbonyl (C=O) groups excluding carboxylic acids is 1. The molecule has 1 saturated heterocycles. The third-order valence-electron chi connectivity index (χ3n) is 8.27. The van der Waals surface area contributed by atoms with E-state index in [9.17, 15) is 18.0 Å². The lowest BCUT2D eigenvalue weighted by Gasteiger charge is -2.27. The van der Waals surface area contributed by atoms with Crippen LogP contribution in [0, 0.1) is 11.8 Å². The van der Waals surface area contributed by atoms with Crippen LogP contribution in [0.15, 0.2) is 30.5 Å². The van der Waals surface area contributed by atoms with Gasteiger partial charge in [-0.05, 0) is 61.8 Å². The van der Waals surface area contributed by atoms with Gasteiger partial charge in [-0.3, -0.25) is 4.79 Å². The Kier molecular flexibility index (Phi) is 4.77. The molecule has 4 aromatic heterocycles. The van der Waals surface area contributed by atoms with Crippen molar-refractivity contribution in [2.75, 3.05) is 6.54 Å². The summed E-state index contributed by atoms with van der Waals surface area (Å²) in [7, 11) is 1.82. The second-order valence-electron chi connectivity index (χ2n) is 10.7. The molecule has 0 aromatic carbocycles. The Hall–Kier alpha value is -3.47. The number of likely N-dealkylation sites (tertiary alicyclic amines) is 1. The number of halogens is 3. The van der Waals surface area contributed by atoms with E-state index in [4.69, 9.17) is 10.7 Å². The molecule has 3 atom stereocenters. The van der Waals surface area contributed by atoms with Crippen LogP contribution in [0.1, 0.15) is 41.7 Å². The van der Waals surface area contributed by atoms with E-state index in [-0.39, 0.29) is 18.0 Å². The first-order valence-electron chi connectivity index (χ1n) is 12.7. The number of hydrogen-bond acceptors (Lipinski definition) is 5. The van der Waals surface area contributed by atoms with E-state index in [1.54, 1.807) is 12.3 Å². The minimum atomic E-state index is -4.52. The quantitative estimate of drug-likeness (QED) is 0.449. The highest BCUT2D eigenvalue weighted by molar-refractivity contribution is 5.97. The molecule has 192 valence electrons. The first-order valence-corrected chi connectivity index (χ1v) is 12.7. The topological polar surface area (TPSA) is 94.9 Å². The molecular formula is C26H26F3N7O. The maximum atomic E-state index is 13.4. The number of amides is 1. The minimum absolute atomic E-state index is 0.0296. The van der Waals surface area contributed by atoms with Crippen LogP contribution in [0.5, 0.6) is 0 Å². The maximum Gasteiger partial charge on any atom is 0.433 e. The van der Waals surface area contributed by atoms with Gasteiger partial charge < -0.3 is 19.8 Å². The van der Waals surface area contributed by atoms with Gasteiger partial charge in [-0.15, -0.1) is 0 Å². The number of nitrogens with two attached hydrogens (primary N) is 1. The predicted octanol–water partition coefficient (Wildman–Crippen LogP) is 3.98. The van der Waals surface area contributed by atoms with Gasteiger partial charge in [-0.2, -0.15) is 13.2 Å². The number of fused-ring (bicyclic) bond motifs is 4. The van der Waals surface area contributed by atoms with Crippen molar-refractivity contribution in [2.45, 2.75) is 50.5 Å². The van der Waals surface area contributed by atoms with Gasteiger partial charge in [-0.25, -0.2) is 15.0 Å². The molecule has 1 aliphatic heterocycles. The Morgan fingerprint density at radius 3 is 2.59 bits per heavy atom. The molecule has 1 amide bonds. The summed E-state index contributed by atoms with van der Waals surface area (Å²) in [5.74, 6) is 1.24. The standard InChI is InChI=1S/C26H26F3N7O/c1-34-23-17(8-16(10-31-23)25(37)36-12-15-4-6-18(36)21(15)30)32-24(34)19-9-14-5-7-20(26(27,28)29)33-22(14)35(19)11-13-2-3-13/h5,7-10,13,15,18,21H,2-4,6,11-12,30H2,1H3/t15-,18-,21-/m1/s1. The number of aryl methyl sites for hydroxylation is 1. The van der Waals surface area contributed by atoms with Crippen LogP contribution in [0.2, 0.25) is 0 Å². The lowest BCUT2D eigenvalue weighted by atomic mass is 10.1. The summed E-state index contributed by atoms with van der Waals surface area (Å²) in [5, 5.41) is 0.625. The predicted molar refractivity (Wildman–Crippen MR) is 130 cm³/mol. The first-order chi connectivity index (χ1) is 17.7. The third-order valence-corrected chi connectivity index (χ3v) is 8.27. The lowest BCUT2D eigenvalue weighted by molar-refractivity contribution is -0.141. The number of pyridine rings is 2. The molecule has 2 aliphatic carbocycles. The van der Waals surface area contributed by atoms with E-state index in [0.717, 1.165) is 31.7 Å². The molecular weight excluding hydrogens is 483 g/mol. The summed E-state index contributed by atoms with van der Waals surface area (Å²) in [6.07, 6.45) is 1.11. The summed E-state index contributed by atoms with van der Waals surface area (Å²) >= 11 is 0. The van der Waals surface area contributed by atoms with Crippen LogP contribution >= 0.6 is 0 Å². The Morgan fingerprint density at radius 1 is 1.11 bits per heavy atom. The van der Waals surface area contributed by atoms with E-state index in [2.05, 4.69) is 9.97 Å². The number of imidazole rings is 1. The van der Waals surface area contributed by atoms with Crippen molar-refractivity contribution >= 4 is 28.1 Å². The average molecular weight is 510 g/mol.